The molecule has 0 bridgehead atoms. The van der Waals surface area contributed by atoms with Gasteiger partial charge in [-0.3, -0.25) is 0 Å². The maximum atomic E-state index is 11.9. The second kappa shape index (κ2) is 7.51. The Hall–Kier alpha value is -2.25. The molecule has 0 atom stereocenters. The molecule has 21 heavy (non-hydrogen) atoms. The van der Waals surface area contributed by atoms with Crippen molar-refractivity contribution in [1.82, 2.24) is 10.6 Å². The molecule has 1 rings (SSSR count). The van der Waals surface area contributed by atoms with Gasteiger partial charge in [-0.05, 0) is 24.1 Å². The number of nitrogens with one attached hydrogen (secondary N) is 2. The van der Waals surface area contributed by atoms with Crippen LogP contribution >= 0.6 is 0 Å². The predicted molar refractivity (Wildman–Crippen MR) is 69.2 cm³/mol. The van der Waals surface area contributed by atoms with E-state index in [1.165, 1.54) is 12.1 Å². The molecule has 116 valence electrons. The second-order valence-corrected chi connectivity index (χ2v) is 4.30. The highest BCUT2D eigenvalue weighted by molar-refractivity contribution is 5.87. The smallest absolute Gasteiger partial charge is 0.390 e. The van der Waals surface area contributed by atoms with Gasteiger partial charge in [0.25, 0.3) is 0 Å². The highest BCUT2D eigenvalue weighted by atomic mass is 19.4. The second-order valence-electron chi connectivity index (χ2n) is 4.30. The number of amides is 2. The SMILES string of the molecule is O=C(NCCc1ccc(C(=O)O)cc1)NCCC(F)(F)F. The highest BCUT2D eigenvalue weighted by Crippen LogP contribution is 2.17. The van der Waals surface area contributed by atoms with Crippen LogP contribution in [0, 0.1) is 0 Å². The van der Waals surface area contributed by atoms with Gasteiger partial charge in [0.15, 0.2) is 0 Å². The molecule has 0 heterocycles. The summed E-state index contributed by atoms with van der Waals surface area (Å²) in [6.45, 7) is -0.229. The lowest BCUT2D eigenvalue weighted by molar-refractivity contribution is -0.132. The van der Waals surface area contributed by atoms with Crippen LogP contribution in [0.5, 0.6) is 0 Å². The third-order valence-corrected chi connectivity index (χ3v) is 2.59. The average Bonchev–Trinajstić information content (AvgIpc) is 2.37. The molecule has 0 fully saturated rings. The number of aromatic carboxylic acids is 1. The molecule has 0 aliphatic rings. The summed E-state index contributed by atoms with van der Waals surface area (Å²) in [5.41, 5.74) is 0.979. The van der Waals surface area contributed by atoms with Crippen LogP contribution in [-0.2, 0) is 6.42 Å². The Bertz CT molecular complexity index is 486. The fourth-order valence-electron chi connectivity index (χ4n) is 1.51. The molecule has 0 aliphatic heterocycles. The molecule has 8 heteroatoms. The summed E-state index contributed by atoms with van der Waals surface area (Å²) in [6.07, 6.45) is -4.91. The van der Waals surface area contributed by atoms with E-state index in [0.29, 0.717) is 6.42 Å². The summed E-state index contributed by atoms with van der Waals surface area (Å²) in [5.74, 6) is -1.02. The zero-order valence-corrected chi connectivity index (χ0v) is 11.0. The molecule has 3 N–H and O–H groups in total. The van der Waals surface area contributed by atoms with Crippen molar-refractivity contribution < 1.29 is 27.9 Å². The van der Waals surface area contributed by atoms with Crippen LogP contribution in [0.2, 0.25) is 0 Å². The van der Waals surface area contributed by atoms with Crippen LogP contribution in [0.4, 0.5) is 18.0 Å². The molecule has 5 nitrogen and oxygen atoms in total. The van der Waals surface area contributed by atoms with Gasteiger partial charge < -0.3 is 15.7 Å². The third-order valence-electron chi connectivity index (χ3n) is 2.59. The highest BCUT2D eigenvalue weighted by Gasteiger charge is 2.26. The number of carbonyl (C=O) groups excluding carboxylic acids is 1. The first-order valence-electron chi connectivity index (χ1n) is 6.18. The Labute approximate surface area is 119 Å². The fourth-order valence-corrected chi connectivity index (χ4v) is 1.51. The van der Waals surface area contributed by atoms with E-state index < -0.39 is 31.1 Å². The minimum absolute atomic E-state index is 0.164. The van der Waals surface area contributed by atoms with Crippen LogP contribution < -0.4 is 10.6 Å². The van der Waals surface area contributed by atoms with Crippen LogP contribution in [0.1, 0.15) is 22.3 Å². The maximum Gasteiger partial charge on any atom is 0.390 e. The average molecular weight is 304 g/mol. The molecule has 1 aromatic rings. The normalized spacial score (nSPS) is 11.0. The number of carboxylic acid groups (broad SMARTS) is 1. The van der Waals surface area contributed by atoms with Gasteiger partial charge in [0.2, 0.25) is 0 Å². The maximum absolute atomic E-state index is 11.9. The Morgan fingerprint density at radius 3 is 2.14 bits per heavy atom. The van der Waals surface area contributed by atoms with Crippen LogP contribution in [0.15, 0.2) is 24.3 Å². The lowest BCUT2D eigenvalue weighted by Gasteiger charge is -2.09. The van der Waals surface area contributed by atoms with E-state index in [1.54, 1.807) is 12.1 Å². The lowest BCUT2D eigenvalue weighted by atomic mass is 10.1. The molecule has 0 radical (unpaired) electrons. The van der Waals surface area contributed by atoms with Gasteiger partial charge in [-0.15, -0.1) is 0 Å². The van der Waals surface area contributed by atoms with E-state index in [9.17, 15) is 22.8 Å². The van der Waals surface area contributed by atoms with Crippen molar-refractivity contribution in [3.8, 4) is 0 Å². The Morgan fingerprint density at radius 2 is 1.62 bits per heavy atom. The summed E-state index contributed by atoms with van der Waals surface area (Å²) >= 11 is 0. The van der Waals surface area contributed by atoms with Crippen molar-refractivity contribution in [2.45, 2.75) is 19.0 Å². The number of alkyl halides is 3. The lowest BCUT2D eigenvalue weighted by Crippen LogP contribution is -2.38. The number of halogens is 3. The molecule has 0 saturated carbocycles. The zero-order chi connectivity index (χ0) is 15.9. The molecule has 0 aliphatic carbocycles. The van der Waals surface area contributed by atoms with Gasteiger partial charge in [0.1, 0.15) is 0 Å². The fraction of sp³-hybridized carbons (Fsp3) is 0.385. The number of carbonyl (C=O) groups is 2. The van der Waals surface area contributed by atoms with Crippen molar-refractivity contribution >= 4 is 12.0 Å². The van der Waals surface area contributed by atoms with Crippen molar-refractivity contribution in [2.24, 2.45) is 0 Å². The molecular formula is C13H15F3N2O3. The number of benzene rings is 1. The summed E-state index contributed by atoms with van der Waals surface area (Å²) in [7, 11) is 0. The zero-order valence-electron chi connectivity index (χ0n) is 11.0. The topological polar surface area (TPSA) is 78.4 Å². The van der Waals surface area contributed by atoms with E-state index >= 15 is 0 Å². The van der Waals surface area contributed by atoms with Crippen LogP contribution in [0.25, 0.3) is 0 Å². The van der Waals surface area contributed by atoms with Crippen molar-refractivity contribution in [3.05, 3.63) is 35.4 Å². The Balaban J connectivity index is 2.24. The van der Waals surface area contributed by atoms with E-state index in [2.05, 4.69) is 10.6 Å². The Kier molecular flexibility index (Phi) is 6.01. The number of urea groups is 1. The van der Waals surface area contributed by atoms with Gasteiger partial charge >= 0.3 is 18.2 Å². The first-order chi connectivity index (χ1) is 9.78. The standard InChI is InChI=1S/C13H15F3N2O3/c14-13(15,16)6-8-18-12(21)17-7-5-9-1-3-10(4-2-9)11(19)20/h1-4H,5-8H2,(H,19,20)(H2,17,18,21). The van der Waals surface area contributed by atoms with E-state index in [4.69, 9.17) is 5.11 Å². The summed E-state index contributed by atoms with van der Waals surface area (Å²) in [4.78, 5) is 21.8. The van der Waals surface area contributed by atoms with Crippen molar-refractivity contribution in [2.75, 3.05) is 13.1 Å². The van der Waals surface area contributed by atoms with Gasteiger partial charge in [-0.1, -0.05) is 12.1 Å². The van der Waals surface area contributed by atoms with Crippen LogP contribution in [0.3, 0.4) is 0 Å². The molecule has 0 unspecified atom stereocenters. The minimum Gasteiger partial charge on any atom is -0.478 e. The quantitative estimate of drug-likeness (QED) is 0.753. The van der Waals surface area contributed by atoms with Gasteiger partial charge in [0.05, 0.1) is 12.0 Å². The minimum atomic E-state index is -4.29. The summed E-state index contributed by atoms with van der Waals surface area (Å²) < 4.78 is 35.6. The van der Waals surface area contributed by atoms with Crippen LogP contribution in [-0.4, -0.2) is 36.4 Å². The van der Waals surface area contributed by atoms with Gasteiger partial charge in [-0.2, -0.15) is 13.2 Å². The first kappa shape index (κ1) is 16.8. The molecule has 0 saturated heterocycles. The number of hydrogen-bond acceptors (Lipinski definition) is 2. The monoisotopic (exact) mass is 304 g/mol. The van der Waals surface area contributed by atoms with Gasteiger partial charge in [0, 0.05) is 13.1 Å². The molecule has 2 amide bonds. The number of hydrogen-bond donors (Lipinski definition) is 3. The predicted octanol–water partition coefficient (Wildman–Crippen LogP) is 2.18. The van der Waals surface area contributed by atoms with E-state index in [-0.39, 0.29) is 12.1 Å². The van der Waals surface area contributed by atoms with Crippen molar-refractivity contribution in [3.63, 3.8) is 0 Å². The number of carboxylic acids is 1. The largest absolute Gasteiger partial charge is 0.478 e. The van der Waals surface area contributed by atoms with E-state index in [1.807, 2.05) is 0 Å². The summed E-state index contributed by atoms with van der Waals surface area (Å²) in [5, 5.41) is 13.2. The molecular weight excluding hydrogens is 289 g/mol. The molecule has 1 aromatic carbocycles. The van der Waals surface area contributed by atoms with Gasteiger partial charge in [-0.25, -0.2) is 9.59 Å². The summed E-state index contributed by atoms with van der Waals surface area (Å²) in [6, 6.07) is 5.46. The van der Waals surface area contributed by atoms with Crippen molar-refractivity contribution in [1.29, 1.82) is 0 Å². The third kappa shape index (κ3) is 7.19. The molecule has 0 aromatic heterocycles. The van der Waals surface area contributed by atoms with E-state index in [0.717, 1.165) is 5.56 Å². The molecule has 0 spiro atoms. The number of rotatable bonds is 6. The Morgan fingerprint density at radius 1 is 1.05 bits per heavy atom. The first-order valence-corrected chi connectivity index (χ1v) is 6.18.